The summed E-state index contributed by atoms with van der Waals surface area (Å²) in [4.78, 5) is 34.3. The van der Waals surface area contributed by atoms with Gasteiger partial charge in [-0.2, -0.15) is 0 Å². The first-order valence-electron chi connectivity index (χ1n) is 5.47. The molecule has 0 radical (unpaired) electrons. The summed E-state index contributed by atoms with van der Waals surface area (Å²) in [5, 5.41) is 17.4. The van der Waals surface area contributed by atoms with Gasteiger partial charge in [-0.15, -0.1) is 0 Å². The number of carbonyl (C=O) groups excluding carboxylic acids is 1. The Morgan fingerprint density at radius 2 is 1.68 bits per heavy atom. The summed E-state index contributed by atoms with van der Waals surface area (Å²) in [5.41, 5.74) is 5.82. The van der Waals surface area contributed by atoms with Crippen molar-refractivity contribution in [3.63, 3.8) is 0 Å². The molecule has 0 saturated heterocycles. The monoisotopic (exact) mass is 266 g/mol. The summed E-state index contributed by atoms with van der Waals surface area (Å²) in [7, 11) is 0. The highest BCUT2D eigenvalue weighted by Crippen LogP contribution is 2.14. The van der Waals surface area contributed by atoms with Gasteiger partial charge in [-0.1, -0.05) is 18.2 Å². The number of benzene rings is 1. The van der Waals surface area contributed by atoms with Gasteiger partial charge in [0.25, 0.3) is 0 Å². The lowest BCUT2D eigenvalue weighted by molar-refractivity contribution is -0.139. The van der Waals surface area contributed by atoms with E-state index in [4.69, 9.17) is 15.9 Å². The Bertz CT molecular complexity index is 474. The van der Waals surface area contributed by atoms with Crippen LogP contribution in [-0.4, -0.2) is 40.6 Å². The summed E-state index contributed by atoms with van der Waals surface area (Å²) in [6, 6.07) is 6.81. The highest BCUT2D eigenvalue weighted by Gasteiger charge is 2.25. The molecule has 1 rings (SSSR count). The van der Waals surface area contributed by atoms with E-state index in [-0.39, 0.29) is 0 Å². The summed E-state index contributed by atoms with van der Waals surface area (Å²) in [6.45, 7) is -0.573. The number of aliphatic carboxylic acids is 2. The molecule has 1 aromatic carbocycles. The van der Waals surface area contributed by atoms with Crippen molar-refractivity contribution in [2.75, 3.05) is 11.4 Å². The van der Waals surface area contributed by atoms with Crippen LogP contribution in [0.15, 0.2) is 30.3 Å². The van der Waals surface area contributed by atoms with Crippen LogP contribution in [0, 0.1) is 0 Å². The minimum Gasteiger partial charge on any atom is -0.481 e. The van der Waals surface area contributed by atoms with Crippen LogP contribution in [0.25, 0.3) is 0 Å². The molecule has 102 valence electrons. The van der Waals surface area contributed by atoms with Crippen LogP contribution in [0.3, 0.4) is 0 Å². The maximum absolute atomic E-state index is 12.0. The van der Waals surface area contributed by atoms with E-state index < -0.39 is 36.9 Å². The van der Waals surface area contributed by atoms with Crippen LogP contribution in [0.5, 0.6) is 0 Å². The van der Waals surface area contributed by atoms with E-state index in [9.17, 15) is 14.4 Å². The van der Waals surface area contributed by atoms with Crippen molar-refractivity contribution in [3.8, 4) is 0 Å². The number of anilines is 1. The lowest BCUT2D eigenvalue weighted by Gasteiger charge is -2.23. The van der Waals surface area contributed by atoms with E-state index in [1.54, 1.807) is 30.3 Å². The number of nitrogens with two attached hydrogens (primary N) is 1. The van der Waals surface area contributed by atoms with Crippen molar-refractivity contribution in [2.45, 2.75) is 12.5 Å². The first-order chi connectivity index (χ1) is 8.91. The fraction of sp³-hybridized carbons (Fsp3) is 0.250. The molecule has 0 aromatic heterocycles. The van der Waals surface area contributed by atoms with E-state index in [2.05, 4.69) is 0 Å². The zero-order valence-electron chi connectivity index (χ0n) is 10.0. The standard InChI is InChI=1S/C12H14N2O5/c13-9(6-10(15)16)12(19)14(7-11(17)18)8-4-2-1-3-5-8/h1-5,9H,6-7,13H2,(H,15,16)(H,17,18). The van der Waals surface area contributed by atoms with Crippen LogP contribution in [0.4, 0.5) is 5.69 Å². The summed E-state index contributed by atoms with van der Waals surface area (Å²) >= 11 is 0. The molecular formula is C12H14N2O5. The predicted octanol–water partition coefficient (Wildman–Crippen LogP) is -0.0938. The number of rotatable bonds is 6. The van der Waals surface area contributed by atoms with E-state index in [0.717, 1.165) is 4.90 Å². The third-order valence-corrected chi connectivity index (χ3v) is 2.34. The lowest BCUT2D eigenvalue weighted by Crippen LogP contribution is -2.47. The molecule has 0 saturated carbocycles. The largest absolute Gasteiger partial charge is 0.481 e. The molecule has 7 heteroatoms. The molecule has 0 spiro atoms. The van der Waals surface area contributed by atoms with Gasteiger partial charge in [0.1, 0.15) is 6.54 Å². The molecule has 19 heavy (non-hydrogen) atoms. The lowest BCUT2D eigenvalue weighted by atomic mass is 10.1. The van der Waals surface area contributed by atoms with Crippen LogP contribution in [-0.2, 0) is 14.4 Å². The second-order valence-electron chi connectivity index (χ2n) is 3.86. The van der Waals surface area contributed by atoms with Crippen molar-refractivity contribution in [2.24, 2.45) is 5.73 Å². The summed E-state index contributed by atoms with van der Waals surface area (Å²) in [6.07, 6.45) is -0.554. The number of nitrogens with zero attached hydrogens (tertiary/aromatic N) is 1. The Kier molecular flexibility index (Phi) is 5.01. The molecule has 1 aromatic rings. The first kappa shape index (κ1) is 14.7. The van der Waals surface area contributed by atoms with E-state index in [0.29, 0.717) is 5.69 Å². The van der Waals surface area contributed by atoms with Crippen molar-refractivity contribution in [1.82, 2.24) is 0 Å². The number of carboxylic acids is 2. The quantitative estimate of drug-likeness (QED) is 0.661. The van der Waals surface area contributed by atoms with Crippen LogP contribution < -0.4 is 10.6 Å². The van der Waals surface area contributed by atoms with Gasteiger partial charge in [-0.25, -0.2) is 0 Å². The Morgan fingerprint density at radius 3 is 2.16 bits per heavy atom. The molecule has 1 amide bonds. The van der Waals surface area contributed by atoms with Crippen molar-refractivity contribution >= 4 is 23.5 Å². The van der Waals surface area contributed by atoms with Crippen LogP contribution in [0.1, 0.15) is 6.42 Å². The molecule has 0 aliphatic carbocycles. The number of hydrogen-bond donors (Lipinski definition) is 3. The minimum atomic E-state index is -1.28. The molecule has 0 aliphatic heterocycles. The molecule has 0 aliphatic rings. The highest BCUT2D eigenvalue weighted by atomic mass is 16.4. The van der Waals surface area contributed by atoms with Gasteiger partial charge in [0.2, 0.25) is 5.91 Å². The zero-order chi connectivity index (χ0) is 14.4. The zero-order valence-corrected chi connectivity index (χ0v) is 10.0. The number of carbonyl (C=O) groups is 3. The molecule has 1 atom stereocenters. The smallest absolute Gasteiger partial charge is 0.323 e. The van der Waals surface area contributed by atoms with Gasteiger partial charge in [-0.05, 0) is 12.1 Å². The first-order valence-corrected chi connectivity index (χ1v) is 5.47. The van der Waals surface area contributed by atoms with Crippen molar-refractivity contribution in [1.29, 1.82) is 0 Å². The Morgan fingerprint density at radius 1 is 1.11 bits per heavy atom. The average molecular weight is 266 g/mol. The van der Waals surface area contributed by atoms with Gasteiger partial charge in [0.05, 0.1) is 12.5 Å². The third-order valence-electron chi connectivity index (χ3n) is 2.34. The number of carboxylic acid groups (broad SMARTS) is 2. The van der Waals surface area contributed by atoms with Crippen LogP contribution >= 0.6 is 0 Å². The summed E-state index contributed by atoms with van der Waals surface area (Å²) in [5.74, 6) is -3.17. The summed E-state index contributed by atoms with van der Waals surface area (Å²) < 4.78 is 0. The minimum absolute atomic E-state index is 0.357. The second-order valence-corrected chi connectivity index (χ2v) is 3.86. The molecule has 0 fully saturated rings. The third kappa shape index (κ3) is 4.40. The fourth-order valence-electron chi connectivity index (χ4n) is 1.52. The molecule has 1 unspecified atom stereocenters. The predicted molar refractivity (Wildman–Crippen MR) is 66.7 cm³/mol. The number of amides is 1. The number of para-hydroxylation sites is 1. The molecule has 0 heterocycles. The van der Waals surface area contributed by atoms with E-state index >= 15 is 0 Å². The van der Waals surface area contributed by atoms with Gasteiger partial charge in [0, 0.05) is 5.69 Å². The maximum Gasteiger partial charge on any atom is 0.323 e. The Labute approximate surface area is 109 Å². The van der Waals surface area contributed by atoms with Crippen LogP contribution in [0.2, 0.25) is 0 Å². The normalized spacial score (nSPS) is 11.6. The van der Waals surface area contributed by atoms with Crippen molar-refractivity contribution in [3.05, 3.63) is 30.3 Å². The maximum atomic E-state index is 12.0. The van der Waals surface area contributed by atoms with Crippen molar-refractivity contribution < 1.29 is 24.6 Å². The van der Waals surface area contributed by atoms with Gasteiger partial charge in [-0.3, -0.25) is 19.3 Å². The van der Waals surface area contributed by atoms with E-state index in [1.807, 2.05) is 0 Å². The fourth-order valence-corrected chi connectivity index (χ4v) is 1.52. The molecule has 0 bridgehead atoms. The molecule has 4 N–H and O–H groups in total. The average Bonchev–Trinajstić information content (AvgIpc) is 2.35. The Hall–Kier alpha value is -2.41. The van der Waals surface area contributed by atoms with Gasteiger partial charge >= 0.3 is 11.9 Å². The molecule has 7 nitrogen and oxygen atoms in total. The van der Waals surface area contributed by atoms with E-state index in [1.165, 1.54) is 0 Å². The SMILES string of the molecule is NC(CC(=O)O)C(=O)N(CC(=O)O)c1ccccc1. The molecular weight excluding hydrogens is 252 g/mol. The Balaban J connectivity index is 2.94. The van der Waals surface area contributed by atoms with Gasteiger partial charge in [0.15, 0.2) is 0 Å². The highest BCUT2D eigenvalue weighted by molar-refractivity contribution is 6.01. The topological polar surface area (TPSA) is 121 Å². The second kappa shape index (κ2) is 6.50. The van der Waals surface area contributed by atoms with Gasteiger partial charge < -0.3 is 15.9 Å². The number of hydrogen-bond acceptors (Lipinski definition) is 4.